The van der Waals surface area contributed by atoms with Gasteiger partial charge in [-0.3, -0.25) is 0 Å². The van der Waals surface area contributed by atoms with E-state index in [9.17, 15) is 0 Å². The Morgan fingerprint density at radius 1 is 1.06 bits per heavy atom. The summed E-state index contributed by atoms with van der Waals surface area (Å²) in [6, 6.07) is 1.45. The number of nitrogens with one attached hydrogen (secondary N) is 1. The van der Waals surface area contributed by atoms with Crippen molar-refractivity contribution < 1.29 is 4.74 Å². The third kappa shape index (κ3) is 2.04. The van der Waals surface area contributed by atoms with Crippen molar-refractivity contribution in [1.29, 1.82) is 0 Å². The highest BCUT2D eigenvalue weighted by Crippen LogP contribution is 2.40. The van der Waals surface area contributed by atoms with Crippen molar-refractivity contribution in [2.45, 2.75) is 51.0 Å². The summed E-state index contributed by atoms with van der Waals surface area (Å²) >= 11 is 0. The van der Waals surface area contributed by atoms with Crippen molar-refractivity contribution in [2.24, 2.45) is 16.8 Å². The fourth-order valence-corrected chi connectivity index (χ4v) is 3.70. The van der Waals surface area contributed by atoms with Gasteiger partial charge in [-0.25, -0.2) is 4.99 Å². The van der Waals surface area contributed by atoms with Gasteiger partial charge < -0.3 is 10.1 Å². The van der Waals surface area contributed by atoms with Crippen LogP contribution in [0.25, 0.3) is 0 Å². The zero-order valence-electron chi connectivity index (χ0n) is 9.95. The standard InChI is InChI=1S/C13H22N2O/c1-2-6-11-10(4-1)5-3-7-12(11)15-13-14-8-9-16-13/h10-12H,1-9H2,(H,14,15)/t10-,11-,12+/m1/s1. The number of ether oxygens (including phenoxy) is 1. The third-order valence-corrected chi connectivity index (χ3v) is 4.47. The maximum atomic E-state index is 5.47. The van der Waals surface area contributed by atoms with Crippen LogP contribution >= 0.6 is 0 Å². The van der Waals surface area contributed by atoms with E-state index in [-0.39, 0.29) is 0 Å². The molecule has 2 saturated carbocycles. The second-order valence-electron chi connectivity index (χ2n) is 5.43. The number of aliphatic imine (C=N–C) groups is 1. The lowest BCUT2D eigenvalue weighted by Crippen LogP contribution is -2.46. The second kappa shape index (κ2) is 4.64. The van der Waals surface area contributed by atoms with Crippen molar-refractivity contribution in [3.8, 4) is 0 Å². The van der Waals surface area contributed by atoms with Crippen LogP contribution in [0.3, 0.4) is 0 Å². The molecule has 1 N–H and O–H groups in total. The van der Waals surface area contributed by atoms with Crippen LogP contribution in [0.15, 0.2) is 4.99 Å². The summed E-state index contributed by atoms with van der Waals surface area (Å²) in [5, 5.41) is 3.54. The Bertz CT molecular complexity index is 275. The summed E-state index contributed by atoms with van der Waals surface area (Å²) in [5.41, 5.74) is 0. The summed E-state index contributed by atoms with van der Waals surface area (Å²) in [5.74, 6) is 1.86. The first-order chi connectivity index (χ1) is 7.93. The van der Waals surface area contributed by atoms with E-state index in [0.29, 0.717) is 6.04 Å². The summed E-state index contributed by atoms with van der Waals surface area (Å²) < 4.78 is 5.47. The molecule has 0 aromatic heterocycles. The Balaban J connectivity index is 1.63. The van der Waals surface area contributed by atoms with Crippen LogP contribution in [0.4, 0.5) is 0 Å². The lowest BCUT2D eigenvalue weighted by atomic mass is 9.68. The topological polar surface area (TPSA) is 33.6 Å². The predicted molar refractivity (Wildman–Crippen MR) is 64.5 cm³/mol. The molecule has 90 valence electrons. The molecule has 0 spiro atoms. The van der Waals surface area contributed by atoms with Gasteiger partial charge in [0, 0.05) is 6.04 Å². The first-order valence-electron chi connectivity index (χ1n) is 6.87. The summed E-state index contributed by atoms with van der Waals surface area (Å²) in [7, 11) is 0. The van der Waals surface area contributed by atoms with E-state index in [2.05, 4.69) is 10.3 Å². The molecule has 3 atom stereocenters. The Morgan fingerprint density at radius 2 is 1.94 bits per heavy atom. The number of rotatable bonds is 1. The molecule has 1 heterocycles. The zero-order valence-corrected chi connectivity index (χ0v) is 9.95. The van der Waals surface area contributed by atoms with E-state index in [1.165, 1.54) is 44.9 Å². The average molecular weight is 222 g/mol. The van der Waals surface area contributed by atoms with E-state index < -0.39 is 0 Å². The molecule has 0 unspecified atom stereocenters. The summed E-state index contributed by atoms with van der Waals surface area (Å²) in [6.07, 6.45) is 9.88. The third-order valence-electron chi connectivity index (χ3n) is 4.47. The van der Waals surface area contributed by atoms with E-state index in [0.717, 1.165) is 31.0 Å². The normalized spacial score (nSPS) is 38.5. The molecule has 0 saturated heterocycles. The minimum Gasteiger partial charge on any atom is -0.463 e. The molecular formula is C13H22N2O. The fraction of sp³-hybridized carbons (Fsp3) is 0.923. The smallest absolute Gasteiger partial charge is 0.285 e. The lowest BCUT2D eigenvalue weighted by Gasteiger charge is -2.41. The van der Waals surface area contributed by atoms with Gasteiger partial charge >= 0.3 is 0 Å². The Kier molecular flexibility index (Phi) is 3.02. The van der Waals surface area contributed by atoms with Crippen LogP contribution in [-0.2, 0) is 4.74 Å². The zero-order chi connectivity index (χ0) is 10.8. The largest absolute Gasteiger partial charge is 0.463 e. The molecule has 0 amide bonds. The van der Waals surface area contributed by atoms with Crippen molar-refractivity contribution in [3.63, 3.8) is 0 Å². The van der Waals surface area contributed by atoms with Crippen LogP contribution in [0.1, 0.15) is 44.9 Å². The number of amidine groups is 1. The van der Waals surface area contributed by atoms with Crippen molar-refractivity contribution in [3.05, 3.63) is 0 Å². The molecule has 0 aromatic carbocycles. The summed E-state index contributed by atoms with van der Waals surface area (Å²) in [6.45, 7) is 1.60. The van der Waals surface area contributed by atoms with Crippen molar-refractivity contribution >= 4 is 6.02 Å². The Hall–Kier alpha value is -0.730. The van der Waals surface area contributed by atoms with Crippen LogP contribution < -0.4 is 5.32 Å². The molecule has 3 aliphatic rings. The van der Waals surface area contributed by atoms with E-state index in [1.807, 2.05) is 0 Å². The molecule has 3 heteroatoms. The van der Waals surface area contributed by atoms with Gasteiger partial charge in [0.25, 0.3) is 6.02 Å². The Morgan fingerprint density at radius 3 is 2.81 bits per heavy atom. The number of hydrogen-bond donors (Lipinski definition) is 1. The first-order valence-corrected chi connectivity index (χ1v) is 6.87. The molecule has 0 aromatic rings. The molecule has 16 heavy (non-hydrogen) atoms. The van der Waals surface area contributed by atoms with Crippen LogP contribution in [0.2, 0.25) is 0 Å². The highest BCUT2D eigenvalue weighted by atomic mass is 16.5. The van der Waals surface area contributed by atoms with Gasteiger partial charge in [-0.15, -0.1) is 0 Å². The van der Waals surface area contributed by atoms with Crippen molar-refractivity contribution in [2.75, 3.05) is 13.2 Å². The van der Waals surface area contributed by atoms with Gasteiger partial charge in [-0.05, 0) is 24.7 Å². The average Bonchev–Trinajstić information content (AvgIpc) is 2.82. The molecule has 2 fully saturated rings. The van der Waals surface area contributed by atoms with Crippen LogP contribution in [0, 0.1) is 11.8 Å². The Labute approximate surface area is 97.7 Å². The predicted octanol–water partition coefficient (Wildman–Crippen LogP) is 2.32. The number of fused-ring (bicyclic) bond motifs is 1. The second-order valence-corrected chi connectivity index (χ2v) is 5.43. The van der Waals surface area contributed by atoms with Gasteiger partial charge in [-0.2, -0.15) is 0 Å². The van der Waals surface area contributed by atoms with E-state index >= 15 is 0 Å². The molecular weight excluding hydrogens is 200 g/mol. The van der Waals surface area contributed by atoms with Crippen LogP contribution in [-0.4, -0.2) is 25.2 Å². The number of hydrogen-bond acceptors (Lipinski definition) is 3. The molecule has 3 rings (SSSR count). The molecule has 1 aliphatic heterocycles. The van der Waals surface area contributed by atoms with Gasteiger partial charge in [0.1, 0.15) is 6.61 Å². The SMILES string of the molecule is C1CC[C@@H]2[C@H](C1)CCC[C@@H]2NC1=NCCO1. The van der Waals surface area contributed by atoms with Crippen molar-refractivity contribution in [1.82, 2.24) is 5.32 Å². The number of nitrogens with zero attached hydrogens (tertiary/aromatic N) is 1. The molecule has 2 aliphatic carbocycles. The molecule has 0 bridgehead atoms. The van der Waals surface area contributed by atoms with Gasteiger partial charge in [0.15, 0.2) is 0 Å². The van der Waals surface area contributed by atoms with Gasteiger partial charge in [0.2, 0.25) is 0 Å². The molecule has 3 nitrogen and oxygen atoms in total. The van der Waals surface area contributed by atoms with Gasteiger partial charge in [-0.1, -0.05) is 32.1 Å². The fourth-order valence-electron chi connectivity index (χ4n) is 3.70. The van der Waals surface area contributed by atoms with E-state index in [1.54, 1.807) is 0 Å². The lowest BCUT2D eigenvalue weighted by molar-refractivity contribution is 0.132. The highest BCUT2D eigenvalue weighted by molar-refractivity contribution is 5.75. The quantitative estimate of drug-likeness (QED) is 0.738. The maximum Gasteiger partial charge on any atom is 0.285 e. The maximum absolute atomic E-state index is 5.47. The van der Waals surface area contributed by atoms with E-state index in [4.69, 9.17) is 4.74 Å². The molecule has 0 radical (unpaired) electrons. The minimum atomic E-state index is 0.635. The highest BCUT2D eigenvalue weighted by Gasteiger charge is 2.35. The van der Waals surface area contributed by atoms with Gasteiger partial charge in [0.05, 0.1) is 6.54 Å². The first kappa shape index (κ1) is 10.4. The summed E-state index contributed by atoms with van der Waals surface area (Å²) in [4.78, 5) is 4.35. The minimum absolute atomic E-state index is 0.635. The van der Waals surface area contributed by atoms with Crippen LogP contribution in [0.5, 0.6) is 0 Å². The monoisotopic (exact) mass is 222 g/mol.